The van der Waals surface area contributed by atoms with Gasteiger partial charge >= 0.3 is 0 Å². The van der Waals surface area contributed by atoms with Crippen LogP contribution in [-0.2, 0) is 10.2 Å². The van der Waals surface area contributed by atoms with E-state index < -0.39 is 0 Å². The number of para-hydroxylation sites is 1. The fraction of sp³-hybridized carbons (Fsp3) is 0.667. The van der Waals surface area contributed by atoms with Crippen LogP contribution in [0.4, 0.5) is 5.69 Å². The first-order valence-electron chi connectivity index (χ1n) is 9.62. The molecule has 0 atom stereocenters. The Kier molecular flexibility index (Phi) is 5.29. The molecule has 24 heavy (non-hydrogen) atoms. The third-order valence-electron chi connectivity index (χ3n) is 6.02. The second-order valence-electron chi connectivity index (χ2n) is 8.10. The molecule has 1 aromatic carbocycles. The van der Waals surface area contributed by atoms with Crippen LogP contribution in [-0.4, -0.2) is 37.0 Å². The van der Waals surface area contributed by atoms with Crippen molar-refractivity contribution in [3.63, 3.8) is 0 Å². The van der Waals surface area contributed by atoms with Gasteiger partial charge in [0, 0.05) is 19.2 Å². The SMILES string of the molecule is CC(=O)N1CCCC2(CCN(CCC(C)C)CC2)c2ccccc21. The predicted octanol–water partition coefficient (Wildman–Crippen LogP) is 4.21. The summed E-state index contributed by atoms with van der Waals surface area (Å²) in [4.78, 5) is 16.7. The molecule has 1 saturated heterocycles. The maximum Gasteiger partial charge on any atom is 0.223 e. The molecule has 3 nitrogen and oxygen atoms in total. The van der Waals surface area contributed by atoms with Crippen molar-refractivity contribution in [3.8, 4) is 0 Å². The van der Waals surface area contributed by atoms with Gasteiger partial charge in [-0.1, -0.05) is 32.0 Å². The van der Waals surface area contributed by atoms with Gasteiger partial charge in [0.15, 0.2) is 0 Å². The lowest BCUT2D eigenvalue weighted by Crippen LogP contribution is -2.43. The van der Waals surface area contributed by atoms with E-state index in [0.29, 0.717) is 0 Å². The summed E-state index contributed by atoms with van der Waals surface area (Å²) in [5.74, 6) is 0.956. The van der Waals surface area contributed by atoms with Crippen molar-refractivity contribution in [2.45, 2.75) is 58.3 Å². The summed E-state index contributed by atoms with van der Waals surface area (Å²) in [7, 11) is 0. The van der Waals surface area contributed by atoms with E-state index in [1.165, 1.54) is 50.9 Å². The van der Waals surface area contributed by atoms with Gasteiger partial charge in [-0.3, -0.25) is 4.79 Å². The highest BCUT2D eigenvalue weighted by atomic mass is 16.2. The molecule has 0 N–H and O–H groups in total. The average Bonchev–Trinajstić information content (AvgIpc) is 2.72. The average molecular weight is 328 g/mol. The third kappa shape index (κ3) is 3.51. The van der Waals surface area contributed by atoms with Crippen LogP contribution in [0.5, 0.6) is 0 Å². The third-order valence-corrected chi connectivity index (χ3v) is 6.02. The Morgan fingerprint density at radius 2 is 1.83 bits per heavy atom. The molecule has 0 aromatic heterocycles. The molecule has 2 heterocycles. The number of hydrogen-bond acceptors (Lipinski definition) is 2. The Hall–Kier alpha value is -1.35. The highest BCUT2D eigenvalue weighted by Crippen LogP contribution is 2.45. The molecule has 132 valence electrons. The first-order chi connectivity index (χ1) is 11.5. The molecule has 1 aromatic rings. The number of nitrogens with zero attached hydrogens (tertiary/aromatic N) is 2. The predicted molar refractivity (Wildman–Crippen MR) is 101 cm³/mol. The Labute approximate surface area is 147 Å². The molecule has 3 rings (SSSR count). The Bertz CT molecular complexity index is 573. The number of piperidine rings is 1. The number of rotatable bonds is 3. The van der Waals surface area contributed by atoms with Crippen molar-refractivity contribution in [1.82, 2.24) is 4.90 Å². The van der Waals surface area contributed by atoms with E-state index in [2.05, 4.69) is 43.0 Å². The molecule has 2 aliphatic heterocycles. The second kappa shape index (κ2) is 7.26. The van der Waals surface area contributed by atoms with Crippen LogP contribution in [0, 0.1) is 5.92 Å². The van der Waals surface area contributed by atoms with Gasteiger partial charge in [-0.15, -0.1) is 0 Å². The molecule has 0 bridgehead atoms. The molecule has 0 saturated carbocycles. The summed E-state index contributed by atoms with van der Waals surface area (Å²) in [5.41, 5.74) is 2.86. The number of hydrogen-bond donors (Lipinski definition) is 0. The van der Waals surface area contributed by atoms with Crippen LogP contribution >= 0.6 is 0 Å². The van der Waals surface area contributed by atoms with E-state index >= 15 is 0 Å². The highest BCUT2D eigenvalue weighted by Gasteiger charge is 2.40. The van der Waals surface area contributed by atoms with Gasteiger partial charge in [0.2, 0.25) is 5.91 Å². The maximum absolute atomic E-state index is 12.1. The van der Waals surface area contributed by atoms with E-state index in [0.717, 1.165) is 24.6 Å². The smallest absolute Gasteiger partial charge is 0.223 e. The minimum atomic E-state index is 0.175. The van der Waals surface area contributed by atoms with Crippen LogP contribution in [0.25, 0.3) is 0 Å². The fourth-order valence-electron chi connectivity index (χ4n) is 4.48. The van der Waals surface area contributed by atoms with E-state index in [4.69, 9.17) is 0 Å². The van der Waals surface area contributed by atoms with Gasteiger partial charge < -0.3 is 9.80 Å². The standard InChI is InChI=1S/C21H32N2O/c1-17(2)9-14-22-15-11-21(12-16-22)10-6-13-23(18(3)24)20-8-5-4-7-19(20)21/h4-5,7-8,17H,6,9-16H2,1-3H3. The van der Waals surface area contributed by atoms with Gasteiger partial charge in [-0.05, 0) is 74.7 Å². The first-order valence-corrected chi connectivity index (χ1v) is 9.62. The van der Waals surface area contributed by atoms with E-state index in [-0.39, 0.29) is 11.3 Å². The molecule has 0 radical (unpaired) electrons. The number of anilines is 1. The summed E-state index contributed by atoms with van der Waals surface area (Å²) in [5, 5.41) is 0. The highest BCUT2D eigenvalue weighted by molar-refractivity contribution is 5.92. The summed E-state index contributed by atoms with van der Waals surface area (Å²) in [6.07, 6.45) is 6.08. The lowest BCUT2D eigenvalue weighted by atomic mass is 9.69. The largest absolute Gasteiger partial charge is 0.312 e. The Morgan fingerprint density at radius 3 is 2.50 bits per heavy atom. The zero-order chi connectivity index (χ0) is 17.2. The zero-order valence-electron chi connectivity index (χ0n) is 15.6. The second-order valence-corrected chi connectivity index (χ2v) is 8.10. The van der Waals surface area contributed by atoms with Crippen LogP contribution in [0.2, 0.25) is 0 Å². The van der Waals surface area contributed by atoms with Gasteiger partial charge in [0.05, 0.1) is 0 Å². The minimum Gasteiger partial charge on any atom is -0.312 e. The number of benzene rings is 1. The molecule has 1 spiro atoms. The normalized spacial score (nSPS) is 20.9. The lowest BCUT2D eigenvalue weighted by Gasteiger charge is -2.42. The Morgan fingerprint density at radius 1 is 1.12 bits per heavy atom. The number of amides is 1. The van der Waals surface area contributed by atoms with Crippen molar-refractivity contribution in [1.29, 1.82) is 0 Å². The fourth-order valence-corrected chi connectivity index (χ4v) is 4.48. The molecule has 1 fully saturated rings. The van der Waals surface area contributed by atoms with E-state index in [9.17, 15) is 4.79 Å². The van der Waals surface area contributed by atoms with E-state index in [1.54, 1.807) is 6.92 Å². The van der Waals surface area contributed by atoms with Crippen molar-refractivity contribution >= 4 is 11.6 Å². The Balaban J connectivity index is 1.81. The van der Waals surface area contributed by atoms with Gasteiger partial charge in [0.25, 0.3) is 0 Å². The molecule has 1 amide bonds. The van der Waals surface area contributed by atoms with Gasteiger partial charge in [0.1, 0.15) is 0 Å². The molecule has 3 heteroatoms. The van der Waals surface area contributed by atoms with Crippen molar-refractivity contribution in [3.05, 3.63) is 29.8 Å². The van der Waals surface area contributed by atoms with Crippen LogP contribution in [0.15, 0.2) is 24.3 Å². The summed E-state index contributed by atoms with van der Waals surface area (Å²) >= 11 is 0. The number of carbonyl (C=O) groups is 1. The summed E-state index contributed by atoms with van der Waals surface area (Å²) < 4.78 is 0. The van der Waals surface area contributed by atoms with Crippen molar-refractivity contribution < 1.29 is 4.79 Å². The zero-order valence-corrected chi connectivity index (χ0v) is 15.6. The van der Waals surface area contributed by atoms with E-state index in [1.807, 2.05) is 4.90 Å². The lowest BCUT2D eigenvalue weighted by molar-refractivity contribution is -0.116. The van der Waals surface area contributed by atoms with Crippen LogP contribution in [0.1, 0.15) is 58.4 Å². The number of carbonyl (C=O) groups excluding carboxylic acids is 1. The molecular formula is C21H32N2O. The maximum atomic E-state index is 12.1. The summed E-state index contributed by atoms with van der Waals surface area (Å²) in [6.45, 7) is 10.8. The molecular weight excluding hydrogens is 296 g/mol. The van der Waals surface area contributed by atoms with Crippen molar-refractivity contribution in [2.24, 2.45) is 5.92 Å². The van der Waals surface area contributed by atoms with Crippen LogP contribution in [0.3, 0.4) is 0 Å². The monoisotopic (exact) mass is 328 g/mol. The van der Waals surface area contributed by atoms with Gasteiger partial charge in [-0.25, -0.2) is 0 Å². The quantitative estimate of drug-likeness (QED) is 0.829. The molecule has 0 aliphatic carbocycles. The topological polar surface area (TPSA) is 23.6 Å². The van der Waals surface area contributed by atoms with Gasteiger partial charge in [-0.2, -0.15) is 0 Å². The molecule has 0 unspecified atom stereocenters. The first kappa shape index (κ1) is 17.5. The number of fused-ring (bicyclic) bond motifs is 2. The molecule has 2 aliphatic rings. The minimum absolute atomic E-state index is 0.175. The summed E-state index contributed by atoms with van der Waals surface area (Å²) in [6, 6.07) is 8.65. The van der Waals surface area contributed by atoms with Crippen LogP contribution < -0.4 is 4.90 Å². The van der Waals surface area contributed by atoms with Crippen molar-refractivity contribution in [2.75, 3.05) is 31.1 Å². The number of likely N-dealkylation sites (tertiary alicyclic amines) is 1.